The third kappa shape index (κ3) is 3.90. The van der Waals surface area contributed by atoms with Crippen molar-refractivity contribution in [1.82, 2.24) is 9.80 Å². The zero-order chi connectivity index (χ0) is 18.9. The van der Waals surface area contributed by atoms with Gasteiger partial charge in [0.15, 0.2) is 0 Å². The molecule has 0 atom stereocenters. The van der Waals surface area contributed by atoms with E-state index in [1.807, 2.05) is 13.0 Å². The van der Waals surface area contributed by atoms with Gasteiger partial charge in [-0.1, -0.05) is 0 Å². The number of aryl methyl sites for hydroxylation is 1. The van der Waals surface area contributed by atoms with Crippen molar-refractivity contribution < 1.29 is 22.8 Å². The molecule has 0 aliphatic carbocycles. The van der Waals surface area contributed by atoms with Gasteiger partial charge in [-0.05, 0) is 43.3 Å². The topological polar surface area (TPSA) is 40.6 Å². The average molecular weight is 382 g/mol. The van der Waals surface area contributed by atoms with E-state index in [0.717, 1.165) is 17.0 Å². The van der Waals surface area contributed by atoms with Crippen molar-refractivity contribution >= 4 is 23.2 Å². The van der Waals surface area contributed by atoms with E-state index in [1.54, 1.807) is 15.9 Å². The lowest BCUT2D eigenvalue weighted by molar-refractivity contribution is -0.137. The fourth-order valence-corrected chi connectivity index (χ4v) is 3.64. The Bertz CT molecular complexity index is 807. The number of halogens is 3. The van der Waals surface area contributed by atoms with Crippen molar-refractivity contribution in [3.05, 3.63) is 57.3 Å². The number of carbonyl (C=O) groups excluding carboxylic acids is 2. The van der Waals surface area contributed by atoms with E-state index in [0.29, 0.717) is 31.1 Å². The first kappa shape index (κ1) is 18.4. The van der Waals surface area contributed by atoms with Crippen molar-refractivity contribution in [2.75, 3.05) is 26.2 Å². The Labute approximate surface area is 152 Å². The number of hydrogen-bond acceptors (Lipinski definition) is 3. The van der Waals surface area contributed by atoms with Gasteiger partial charge in [0.2, 0.25) is 0 Å². The van der Waals surface area contributed by atoms with Gasteiger partial charge >= 0.3 is 6.18 Å². The molecule has 2 amide bonds. The van der Waals surface area contributed by atoms with Gasteiger partial charge in [-0.25, -0.2) is 0 Å². The second-order valence-electron chi connectivity index (χ2n) is 6.07. The summed E-state index contributed by atoms with van der Waals surface area (Å²) in [6.07, 6.45) is -4.42. The second kappa shape index (κ2) is 7.11. The first-order valence-electron chi connectivity index (χ1n) is 8.08. The molecule has 1 fully saturated rings. The Morgan fingerprint density at radius 1 is 0.885 bits per heavy atom. The predicted octanol–water partition coefficient (Wildman–Crippen LogP) is 3.67. The molecule has 1 aromatic heterocycles. The number of alkyl halides is 3. The number of hydrogen-bond donors (Lipinski definition) is 0. The van der Waals surface area contributed by atoms with Gasteiger partial charge < -0.3 is 9.80 Å². The molecule has 1 aliphatic rings. The molecule has 8 heteroatoms. The van der Waals surface area contributed by atoms with Crippen LogP contribution in [0, 0.1) is 6.92 Å². The summed E-state index contributed by atoms with van der Waals surface area (Å²) in [6.45, 7) is 3.46. The highest BCUT2D eigenvalue weighted by Gasteiger charge is 2.31. The lowest BCUT2D eigenvalue weighted by Crippen LogP contribution is -2.50. The molecule has 1 saturated heterocycles. The summed E-state index contributed by atoms with van der Waals surface area (Å²) in [4.78, 5) is 29.9. The van der Waals surface area contributed by atoms with Gasteiger partial charge in [0.25, 0.3) is 11.8 Å². The quantitative estimate of drug-likeness (QED) is 0.795. The lowest BCUT2D eigenvalue weighted by Gasteiger charge is -2.34. The maximum atomic E-state index is 12.6. The molecule has 0 bridgehead atoms. The highest BCUT2D eigenvalue weighted by atomic mass is 32.1. The molecule has 0 radical (unpaired) electrons. The van der Waals surface area contributed by atoms with Crippen LogP contribution in [-0.2, 0) is 6.18 Å². The first-order valence-corrected chi connectivity index (χ1v) is 8.89. The number of nitrogens with zero attached hydrogens (tertiary/aromatic N) is 2. The van der Waals surface area contributed by atoms with E-state index in [4.69, 9.17) is 0 Å². The highest BCUT2D eigenvalue weighted by molar-refractivity contribution is 7.13. The van der Waals surface area contributed by atoms with Crippen molar-refractivity contribution in [3.8, 4) is 0 Å². The van der Waals surface area contributed by atoms with Crippen molar-refractivity contribution in [1.29, 1.82) is 0 Å². The molecule has 2 heterocycles. The number of carbonyl (C=O) groups is 2. The molecular weight excluding hydrogens is 365 g/mol. The monoisotopic (exact) mass is 382 g/mol. The van der Waals surface area contributed by atoms with Gasteiger partial charge in [-0.2, -0.15) is 13.2 Å². The predicted molar refractivity (Wildman–Crippen MR) is 92.3 cm³/mol. The minimum atomic E-state index is -4.42. The third-order valence-corrected chi connectivity index (χ3v) is 5.25. The maximum Gasteiger partial charge on any atom is 0.416 e. The SMILES string of the molecule is Cc1ccc(C(=O)N2CCN(C(=O)c3ccc(C(F)(F)F)cc3)CC2)s1. The lowest BCUT2D eigenvalue weighted by atomic mass is 10.1. The van der Waals surface area contributed by atoms with Crippen LogP contribution in [0.25, 0.3) is 0 Å². The minimum absolute atomic E-state index is 0.0512. The number of rotatable bonds is 2. The van der Waals surface area contributed by atoms with Crippen LogP contribution in [-0.4, -0.2) is 47.8 Å². The van der Waals surface area contributed by atoms with Crippen LogP contribution in [0.3, 0.4) is 0 Å². The molecule has 1 aliphatic heterocycles. The normalized spacial score (nSPS) is 15.2. The fraction of sp³-hybridized carbons (Fsp3) is 0.333. The molecule has 4 nitrogen and oxygen atoms in total. The zero-order valence-electron chi connectivity index (χ0n) is 14.0. The molecule has 0 spiro atoms. The number of thiophene rings is 1. The summed E-state index contributed by atoms with van der Waals surface area (Å²) in [6, 6.07) is 7.89. The van der Waals surface area contributed by atoms with E-state index in [9.17, 15) is 22.8 Å². The summed E-state index contributed by atoms with van der Waals surface area (Å²) >= 11 is 1.43. The summed E-state index contributed by atoms with van der Waals surface area (Å²) < 4.78 is 37.8. The van der Waals surface area contributed by atoms with Crippen LogP contribution in [0.4, 0.5) is 13.2 Å². The standard InChI is InChI=1S/C18H17F3N2O2S/c1-12-2-7-15(26-12)17(25)23-10-8-22(9-11-23)16(24)13-3-5-14(6-4-13)18(19,20)21/h2-7H,8-11H2,1H3. The molecule has 1 aromatic carbocycles. The van der Waals surface area contributed by atoms with E-state index in [2.05, 4.69) is 0 Å². The molecular formula is C18H17F3N2O2S. The number of piperazine rings is 1. The Hall–Kier alpha value is -2.35. The van der Waals surface area contributed by atoms with Crippen LogP contribution in [0.2, 0.25) is 0 Å². The molecule has 138 valence electrons. The zero-order valence-corrected chi connectivity index (χ0v) is 14.9. The van der Waals surface area contributed by atoms with Crippen molar-refractivity contribution in [2.24, 2.45) is 0 Å². The van der Waals surface area contributed by atoms with E-state index in [-0.39, 0.29) is 17.4 Å². The maximum absolute atomic E-state index is 12.6. The third-order valence-electron chi connectivity index (χ3n) is 4.26. The first-order chi connectivity index (χ1) is 12.3. The Balaban J connectivity index is 1.61. The Morgan fingerprint density at radius 3 is 1.88 bits per heavy atom. The van der Waals surface area contributed by atoms with E-state index < -0.39 is 11.7 Å². The molecule has 0 N–H and O–H groups in total. The van der Waals surface area contributed by atoms with Gasteiger partial charge in [0.1, 0.15) is 0 Å². The van der Waals surface area contributed by atoms with Gasteiger partial charge in [0, 0.05) is 36.6 Å². The average Bonchev–Trinajstić information content (AvgIpc) is 3.06. The Morgan fingerprint density at radius 2 is 1.42 bits per heavy atom. The molecule has 0 unspecified atom stereocenters. The van der Waals surface area contributed by atoms with Crippen LogP contribution < -0.4 is 0 Å². The molecule has 26 heavy (non-hydrogen) atoms. The van der Waals surface area contributed by atoms with Crippen LogP contribution in [0.5, 0.6) is 0 Å². The number of benzene rings is 1. The van der Waals surface area contributed by atoms with Gasteiger partial charge in [-0.15, -0.1) is 11.3 Å². The van der Waals surface area contributed by atoms with E-state index in [1.165, 1.54) is 23.5 Å². The molecule has 2 aromatic rings. The summed E-state index contributed by atoms with van der Waals surface area (Å²) in [5.41, 5.74) is -0.567. The minimum Gasteiger partial charge on any atom is -0.335 e. The van der Waals surface area contributed by atoms with Gasteiger partial charge in [0.05, 0.1) is 10.4 Å². The highest BCUT2D eigenvalue weighted by Crippen LogP contribution is 2.29. The van der Waals surface area contributed by atoms with Crippen LogP contribution in [0.15, 0.2) is 36.4 Å². The van der Waals surface area contributed by atoms with Crippen LogP contribution >= 0.6 is 11.3 Å². The second-order valence-corrected chi connectivity index (χ2v) is 7.36. The smallest absolute Gasteiger partial charge is 0.335 e. The Kier molecular flexibility index (Phi) is 5.04. The largest absolute Gasteiger partial charge is 0.416 e. The summed E-state index contributed by atoms with van der Waals surface area (Å²) in [5.74, 6) is -0.373. The molecule has 0 saturated carbocycles. The van der Waals surface area contributed by atoms with Crippen molar-refractivity contribution in [2.45, 2.75) is 13.1 Å². The fourth-order valence-electron chi connectivity index (χ4n) is 2.80. The summed E-state index contributed by atoms with van der Waals surface area (Å²) in [5, 5.41) is 0. The summed E-state index contributed by atoms with van der Waals surface area (Å²) in [7, 11) is 0. The number of amides is 2. The van der Waals surface area contributed by atoms with Crippen LogP contribution in [0.1, 0.15) is 30.5 Å². The molecule has 3 rings (SSSR count). The van der Waals surface area contributed by atoms with E-state index >= 15 is 0 Å². The van der Waals surface area contributed by atoms with Gasteiger partial charge in [-0.3, -0.25) is 9.59 Å². The van der Waals surface area contributed by atoms with Crippen molar-refractivity contribution in [3.63, 3.8) is 0 Å².